The maximum absolute atomic E-state index is 13.0. The highest BCUT2D eigenvalue weighted by atomic mass is 32.2. The molecule has 0 aromatic heterocycles. The molecular weight excluding hydrogens is 287 g/mol. The number of nitrogens with one attached hydrogen (secondary N) is 1. The fourth-order valence-corrected chi connectivity index (χ4v) is 2.57. The number of thioether (sulfide) groups is 1. The molecule has 0 radical (unpaired) electrons. The molecule has 0 saturated carbocycles. The average molecular weight is 304 g/mol. The molecule has 5 heteroatoms. The summed E-state index contributed by atoms with van der Waals surface area (Å²) in [4.78, 5) is 12.9. The Kier molecular flexibility index (Phi) is 4.85. The summed E-state index contributed by atoms with van der Waals surface area (Å²) in [6, 6.07) is 10.2. The van der Waals surface area contributed by atoms with Gasteiger partial charge >= 0.3 is 0 Å². The Morgan fingerprint density at radius 2 is 1.95 bits per heavy atom. The van der Waals surface area contributed by atoms with Crippen LogP contribution in [0.5, 0.6) is 0 Å². The zero-order valence-electron chi connectivity index (χ0n) is 11.9. The van der Waals surface area contributed by atoms with Crippen molar-refractivity contribution in [1.29, 1.82) is 0 Å². The van der Waals surface area contributed by atoms with Crippen molar-refractivity contribution in [3.63, 3.8) is 0 Å². The van der Waals surface area contributed by atoms with Gasteiger partial charge in [-0.25, -0.2) is 4.39 Å². The maximum atomic E-state index is 13.0. The first-order valence-corrected chi connectivity index (χ1v) is 7.49. The van der Waals surface area contributed by atoms with E-state index in [1.807, 2.05) is 19.1 Å². The number of rotatable bonds is 4. The number of anilines is 2. The molecule has 0 spiro atoms. The van der Waals surface area contributed by atoms with Gasteiger partial charge in [0.05, 0.1) is 11.4 Å². The minimum atomic E-state index is -0.488. The van der Waals surface area contributed by atoms with E-state index in [1.165, 1.54) is 41.1 Å². The van der Waals surface area contributed by atoms with Crippen molar-refractivity contribution in [3.8, 4) is 0 Å². The van der Waals surface area contributed by atoms with Crippen LogP contribution in [-0.4, -0.2) is 11.7 Å². The van der Waals surface area contributed by atoms with E-state index in [9.17, 15) is 9.18 Å². The van der Waals surface area contributed by atoms with Crippen molar-refractivity contribution in [2.45, 2.75) is 18.7 Å². The van der Waals surface area contributed by atoms with Crippen LogP contribution in [0, 0.1) is 19.7 Å². The topological polar surface area (TPSA) is 55.1 Å². The fourth-order valence-electron chi connectivity index (χ4n) is 1.77. The molecule has 2 aromatic rings. The molecule has 2 aromatic carbocycles. The van der Waals surface area contributed by atoms with Gasteiger partial charge in [0.1, 0.15) is 5.82 Å². The van der Waals surface area contributed by atoms with Gasteiger partial charge in [-0.15, -0.1) is 11.8 Å². The Bertz CT molecular complexity index is 673. The predicted octanol–water partition coefficient (Wildman–Crippen LogP) is 3.76. The molecule has 2 rings (SSSR count). The summed E-state index contributed by atoms with van der Waals surface area (Å²) in [5.74, 6) is -0.346. The third-order valence-electron chi connectivity index (χ3n) is 3.13. The summed E-state index contributed by atoms with van der Waals surface area (Å²) in [5.41, 5.74) is 8.41. The lowest BCUT2D eigenvalue weighted by molar-refractivity contribution is -0.113. The number of carbonyl (C=O) groups is 1. The Morgan fingerprint density at radius 1 is 1.19 bits per heavy atom. The Morgan fingerprint density at radius 3 is 2.62 bits per heavy atom. The second-order valence-corrected chi connectivity index (χ2v) is 5.87. The molecule has 21 heavy (non-hydrogen) atoms. The summed E-state index contributed by atoms with van der Waals surface area (Å²) in [5, 5.41) is 2.70. The van der Waals surface area contributed by atoms with Gasteiger partial charge in [0.2, 0.25) is 5.91 Å². The molecule has 3 nitrogen and oxygen atoms in total. The average Bonchev–Trinajstić information content (AvgIpc) is 2.44. The summed E-state index contributed by atoms with van der Waals surface area (Å²) in [7, 11) is 0. The van der Waals surface area contributed by atoms with Crippen LogP contribution >= 0.6 is 11.8 Å². The van der Waals surface area contributed by atoms with Gasteiger partial charge in [-0.05, 0) is 55.3 Å². The van der Waals surface area contributed by atoms with Crippen LogP contribution in [0.4, 0.5) is 15.8 Å². The van der Waals surface area contributed by atoms with E-state index < -0.39 is 5.82 Å². The molecule has 0 aliphatic rings. The summed E-state index contributed by atoms with van der Waals surface area (Å²) in [6.45, 7) is 4.09. The van der Waals surface area contributed by atoms with Crippen molar-refractivity contribution in [2.24, 2.45) is 0 Å². The lowest BCUT2D eigenvalue weighted by Crippen LogP contribution is -2.14. The van der Waals surface area contributed by atoms with Gasteiger partial charge in [0.25, 0.3) is 0 Å². The smallest absolute Gasteiger partial charge is 0.234 e. The zero-order valence-corrected chi connectivity index (χ0v) is 12.8. The van der Waals surface area contributed by atoms with Crippen LogP contribution in [0.2, 0.25) is 0 Å². The maximum Gasteiger partial charge on any atom is 0.234 e. The number of nitrogens with two attached hydrogens (primary N) is 1. The first-order valence-electron chi connectivity index (χ1n) is 6.50. The number of aryl methyl sites for hydroxylation is 2. The van der Waals surface area contributed by atoms with Gasteiger partial charge in [-0.1, -0.05) is 6.07 Å². The number of benzene rings is 2. The third-order valence-corrected chi connectivity index (χ3v) is 4.12. The molecular formula is C16H17FN2OS. The first kappa shape index (κ1) is 15.4. The van der Waals surface area contributed by atoms with E-state index in [4.69, 9.17) is 5.73 Å². The quantitative estimate of drug-likeness (QED) is 0.668. The van der Waals surface area contributed by atoms with Crippen LogP contribution in [0.15, 0.2) is 41.3 Å². The number of amides is 1. The van der Waals surface area contributed by atoms with Crippen molar-refractivity contribution >= 4 is 29.0 Å². The SMILES string of the molecule is Cc1ccc(SCC(=O)Nc2ccc(F)c(N)c2)cc1C. The van der Waals surface area contributed by atoms with Crippen molar-refractivity contribution in [2.75, 3.05) is 16.8 Å². The molecule has 0 bridgehead atoms. The summed E-state index contributed by atoms with van der Waals surface area (Å²) < 4.78 is 13.0. The molecule has 0 saturated heterocycles. The molecule has 1 amide bonds. The predicted molar refractivity (Wildman–Crippen MR) is 86.1 cm³/mol. The van der Waals surface area contributed by atoms with Gasteiger partial charge < -0.3 is 11.1 Å². The Balaban J connectivity index is 1.92. The summed E-state index contributed by atoms with van der Waals surface area (Å²) in [6.07, 6.45) is 0. The lowest BCUT2D eigenvalue weighted by Gasteiger charge is -2.07. The molecule has 0 atom stereocenters. The van der Waals surface area contributed by atoms with Gasteiger partial charge in [0, 0.05) is 10.6 Å². The van der Waals surface area contributed by atoms with E-state index in [0.717, 1.165) is 4.90 Å². The summed E-state index contributed by atoms with van der Waals surface area (Å²) >= 11 is 1.46. The zero-order chi connectivity index (χ0) is 15.4. The van der Waals surface area contributed by atoms with Gasteiger partial charge in [0.15, 0.2) is 0 Å². The minimum absolute atomic E-state index is 0.0228. The number of hydrogen-bond donors (Lipinski definition) is 2. The molecule has 0 unspecified atom stereocenters. The van der Waals surface area contributed by atoms with Crippen molar-refractivity contribution in [1.82, 2.24) is 0 Å². The molecule has 110 valence electrons. The number of hydrogen-bond acceptors (Lipinski definition) is 3. The van der Waals surface area contributed by atoms with E-state index in [-0.39, 0.29) is 11.6 Å². The second kappa shape index (κ2) is 6.63. The second-order valence-electron chi connectivity index (χ2n) is 4.82. The van der Waals surface area contributed by atoms with Crippen LogP contribution in [-0.2, 0) is 4.79 Å². The molecule has 0 aliphatic carbocycles. The highest BCUT2D eigenvalue weighted by Gasteiger charge is 2.06. The van der Waals surface area contributed by atoms with Crippen LogP contribution in [0.3, 0.4) is 0 Å². The van der Waals surface area contributed by atoms with Crippen LogP contribution in [0.1, 0.15) is 11.1 Å². The van der Waals surface area contributed by atoms with E-state index in [0.29, 0.717) is 11.4 Å². The highest BCUT2D eigenvalue weighted by Crippen LogP contribution is 2.22. The van der Waals surface area contributed by atoms with Gasteiger partial charge in [-0.3, -0.25) is 4.79 Å². The van der Waals surface area contributed by atoms with E-state index >= 15 is 0 Å². The normalized spacial score (nSPS) is 10.4. The fraction of sp³-hybridized carbons (Fsp3) is 0.188. The van der Waals surface area contributed by atoms with E-state index in [1.54, 1.807) is 0 Å². The Labute approximate surface area is 127 Å². The molecule has 0 aliphatic heterocycles. The number of nitrogen functional groups attached to an aromatic ring is 1. The first-order chi connectivity index (χ1) is 9.95. The number of halogens is 1. The monoisotopic (exact) mass is 304 g/mol. The van der Waals surface area contributed by atoms with Crippen LogP contribution < -0.4 is 11.1 Å². The standard InChI is InChI=1S/C16H17FN2OS/c1-10-3-5-13(7-11(10)2)21-9-16(20)19-12-4-6-14(17)15(18)8-12/h3-8H,9,18H2,1-2H3,(H,19,20). The lowest BCUT2D eigenvalue weighted by atomic mass is 10.1. The molecule has 0 fully saturated rings. The van der Waals surface area contributed by atoms with E-state index in [2.05, 4.69) is 18.3 Å². The van der Waals surface area contributed by atoms with Crippen molar-refractivity contribution < 1.29 is 9.18 Å². The number of carbonyl (C=O) groups excluding carboxylic acids is 1. The Hall–Kier alpha value is -2.01. The van der Waals surface area contributed by atoms with Gasteiger partial charge in [-0.2, -0.15) is 0 Å². The van der Waals surface area contributed by atoms with Crippen molar-refractivity contribution in [3.05, 3.63) is 53.3 Å². The largest absolute Gasteiger partial charge is 0.396 e. The highest BCUT2D eigenvalue weighted by molar-refractivity contribution is 8.00. The molecule has 0 heterocycles. The third kappa shape index (κ3) is 4.23. The van der Waals surface area contributed by atoms with Crippen LogP contribution in [0.25, 0.3) is 0 Å². The minimum Gasteiger partial charge on any atom is -0.396 e. The molecule has 3 N–H and O–H groups in total.